The molecule has 94 valence electrons. The number of rotatable bonds is 5. The van der Waals surface area contributed by atoms with Crippen molar-refractivity contribution in [3.05, 3.63) is 46.3 Å². The first-order chi connectivity index (χ1) is 8.56. The van der Waals surface area contributed by atoms with E-state index in [1.807, 2.05) is 0 Å². The molecule has 0 aliphatic carbocycles. The Morgan fingerprint density at radius 2 is 2.00 bits per heavy atom. The van der Waals surface area contributed by atoms with E-state index in [1.165, 1.54) is 6.92 Å². The van der Waals surface area contributed by atoms with E-state index in [2.05, 4.69) is 10.0 Å². The number of carbonyl (C=O) groups is 2. The summed E-state index contributed by atoms with van der Waals surface area (Å²) in [5, 5.41) is 3.31. The second-order valence-electron chi connectivity index (χ2n) is 3.68. The fraction of sp³-hybridized carbons (Fsp3) is 0.333. The van der Waals surface area contributed by atoms with Gasteiger partial charge in [0.2, 0.25) is 5.54 Å². The van der Waals surface area contributed by atoms with Crippen molar-refractivity contribution in [1.82, 2.24) is 0 Å². The van der Waals surface area contributed by atoms with Gasteiger partial charge >= 0.3 is 5.97 Å². The van der Waals surface area contributed by atoms with E-state index in [4.69, 9.17) is 10.3 Å². The van der Waals surface area contributed by atoms with Crippen LogP contribution in [0.2, 0.25) is 0 Å². The summed E-state index contributed by atoms with van der Waals surface area (Å²) < 4.78 is 4.78. The SMILES string of the molecule is CCOC(=O)C(C)(N=[N+]=[N-])C(=O)c1ccccc1. The van der Waals surface area contributed by atoms with Crippen molar-refractivity contribution < 1.29 is 14.3 Å². The molecule has 6 heteroatoms. The van der Waals surface area contributed by atoms with Gasteiger partial charge in [-0.15, -0.1) is 0 Å². The van der Waals surface area contributed by atoms with Crippen molar-refractivity contribution in [1.29, 1.82) is 0 Å². The number of hydrogen-bond donors (Lipinski definition) is 0. The van der Waals surface area contributed by atoms with Gasteiger partial charge in [-0.05, 0) is 19.4 Å². The molecular formula is C12H13N3O3. The lowest BCUT2D eigenvalue weighted by Crippen LogP contribution is -2.43. The zero-order valence-corrected chi connectivity index (χ0v) is 10.2. The van der Waals surface area contributed by atoms with Crippen LogP contribution in [0.1, 0.15) is 24.2 Å². The summed E-state index contributed by atoms with van der Waals surface area (Å²) in [7, 11) is 0. The predicted octanol–water partition coefficient (Wildman–Crippen LogP) is 2.50. The number of ketones is 1. The maximum atomic E-state index is 12.2. The van der Waals surface area contributed by atoms with Gasteiger partial charge in [0.05, 0.1) is 6.61 Å². The van der Waals surface area contributed by atoms with Crippen LogP contribution in [0.4, 0.5) is 0 Å². The normalized spacial score (nSPS) is 13.0. The van der Waals surface area contributed by atoms with Gasteiger partial charge < -0.3 is 4.74 Å². The summed E-state index contributed by atoms with van der Waals surface area (Å²) in [6.45, 7) is 2.97. The number of azide groups is 1. The fourth-order valence-electron chi connectivity index (χ4n) is 1.41. The molecule has 0 saturated heterocycles. The van der Waals surface area contributed by atoms with Crippen molar-refractivity contribution in [2.75, 3.05) is 6.61 Å². The summed E-state index contributed by atoms with van der Waals surface area (Å²) in [6, 6.07) is 8.16. The average Bonchev–Trinajstić information content (AvgIpc) is 2.39. The molecule has 0 aliphatic rings. The van der Waals surface area contributed by atoms with Crippen LogP contribution < -0.4 is 0 Å². The molecule has 0 spiro atoms. The van der Waals surface area contributed by atoms with Crippen molar-refractivity contribution in [3.63, 3.8) is 0 Å². The molecule has 0 aliphatic heterocycles. The lowest BCUT2D eigenvalue weighted by atomic mass is 9.92. The summed E-state index contributed by atoms with van der Waals surface area (Å²) in [5.41, 5.74) is 6.94. The summed E-state index contributed by atoms with van der Waals surface area (Å²) in [4.78, 5) is 26.5. The van der Waals surface area contributed by atoms with E-state index in [0.29, 0.717) is 5.56 Å². The molecular weight excluding hydrogens is 234 g/mol. The molecule has 0 amide bonds. The van der Waals surface area contributed by atoms with Gasteiger partial charge in [-0.3, -0.25) is 9.59 Å². The van der Waals surface area contributed by atoms with Gasteiger partial charge in [0.1, 0.15) is 0 Å². The number of benzene rings is 1. The van der Waals surface area contributed by atoms with Crippen molar-refractivity contribution >= 4 is 11.8 Å². The Hall–Kier alpha value is -2.33. The van der Waals surface area contributed by atoms with Gasteiger partial charge in [0.15, 0.2) is 5.78 Å². The molecule has 1 unspecified atom stereocenters. The van der Waals surface area contributed by atoms with Crippen LogP contribution >= 0.6 is 0 Å². The zero-order valence-electron chi connectivity index (χ0n) is 10.2. The molecule has 1 aromatic rings. The minimum atomic E-state index is -1.87. The Bertz CT molecular complexity index is 495. The minimum absolute atomic E-state index is 0.109. The largest absolute Gasteiger partial charge is 0.465 e. The summed E-state index contributed by atoms with van der Waals surface area (Å²) >= 11 is 0. The van der Waals surface area contributed by atoms with Gasteiger partial charge in [0, 0.05) is 10.5 Å². The standard InChI is InChI=1S/C12H13N3O3/c1-3-18-11(17)12(2,14-15-13)10(16)9-7-5-4-6-8-9/h4-8H,3H2,1-2H3. The number of hydrogen-bond acceptors (Lipinski definition) is 4. The van der Waals surface area contributed by atoms with Gasteiger partial charge in [-0.1, -0.05) is 35.4 Å². The van der Waals surface area contributed by atoms with Crippen LogP contribution in [0.15, 0.2) is 35.4 Å². The lowest BCUT2D eigenvalue weighted by molar-refractivity contribution is -0.146. The predicted molar refractivity (Wildman–Crippen MR) is 65.0 cm³/mol. The number of esters is 1. The number of nitrogens with zero attached hydrogens (tertiary/aromatic N) is 3. The molecule has 0 heterocycles. The Morgan fingerprint density at radius 1 is 1.39 bits per heavy atom. The van der Waals surface area contributed by atoms with Gasteiger partial charge in [0.25, 0.3) is 0 Å². The highest BCUT2D eigenvalue weighted by Gasteiger charge is 2.42. The average molecular weight is 247 g/mol. The van der Waals surface area contributed by atoms with Crippen LogP contribution in [0, 0.1) is 0 Å². The topological polar surface area (TPSA) is 92.1 Å². The van der Waals surface area contributed by atoms with E-state index >= 15 is 0 Å². The molecule has 0 aromatic heterocycles. The smallest absolute Gasteiger partial charge is 0.325 e. The van der Waals surface area contributed by atoms with Gasteiger partial charge in [-0.2, -0.15) is 0 Å². The maximum Gasteiger partial charge on any atom is 0.325 e. The molecule has 0 fully saturated rings. The minimum Gasteiger partial charge on any atom is -0.465 e. The third kappa shape index (κ3) is 2.67. The van der Waals surface area contributed by atoms with E-state index in [9.17, 15) is 9.59 Å². The van der Waals surface area contributed by atoms with Crippen LogP contribution in [-0.2, 0) is 9.53 Å². The molecule has 0 radical (unpaired) electrons. The fourth-order valence-corrected chi connectivity index (χ4v) is 1.41. The molecule has 1 rings (SSSR count). The number of Topliss-reactive ketones (excluding diaryl/α,β-unsaturated/α-hetero) is 1. The van der Waals surface area contributed by atoms with Crippen molar-refractivity contribution in [2.45, 2.75) is 19.4 Å². The van der Waals surface area contributed by atoms with Crippen LogP contribution in [-0.4, -0.2) is 23.9 Å². The second-order valence-corrected chi connectivity index (χ2v) is 3.68. The molecule has 1 atom stereocenters. The Balaban J connectivity index is 3.17. The van der Waals surface area contributed by atoms with E-state index in [0.717, 1.165) is 0 Å². The van der Waals surface area contributed by atoms with Crippen molar-refractivity contribution in [3.8, 4) is 0 Å². The summed E-state index contributed by atoms with van der Waals surface area (Å²) in [5.74, 6) is -1.43. The Labute approximate surface area is 104 Å². The van der Waals surface area contributed by atoms with Crippen LogP contribution in [0.25, 0.3) is 10.4 Å². The first-order valence-corrected chi connectivity index (χ1v) is 5.39. The molecule has 0 saturated carbocycles. The van der Waals surface area contributed by atoms with Crippen molar-refractivity contribution in [2.24, 2.45) is 5.11 Å². The highest BCUT2D eigenvalue weighted by molar-refractivity contribution is 6.16. The quantitative estimate of drug-likeness (QED) is 0.200. The first kappa shape index (κ1) is 13.7. The highest BCUT2D eigenvalue weighted by Crippen LogP contribution is 2.20. The Morgan fingerprint density at radius 3 is 2.50 bits per heavy atom. The van der Waals surface area contributed by atoms with Gasteiger partial charge in [-0.25, -0.2) is 0 Å². The molecule has 1 aromatic carbocycles. The van der Waals surface area contributed by atoms with Crippen LogP contribution in [0.3, 0.4) is 0 Å². The van der Waals surface area contributed by atoms with Crippen LogP contribution in [0.5, 0.6) is 0 Å². The molecule has 6 nitrogen and oxygen atoms in total. The van der Waals surface area contributed by atoms with E-state index in [1.54, 1.807) is 37.3 Å². The third-order valence-corrected chi connectivity index (χ3v) is 2.40. The monoisotopic (exact) mass is 247 g/mol. The molecule has 18 heavy (non-hydrogen) atoms. The number of carbonyl (C=O) groups excluding carboxylic acids is 2. The maximum absolute atomic E-state index is 12.2. The lowest BCUT2D eigenvalue weighted by Gasteiger charge is -2.20. The van der Waals surface area contributed by atoms with E-state index in [-0.39, 0.29) is 6.61 Å². The zero-order chi connectivity index (χ0) is 13.6. The highest BCUT2D eigenvalue weighted by atomic mass is 16.5. The first-order valence-electron chi connectivity index (χ1n) is 5.39. The third-order valence-electron chi connectivity index (χ3n) is 2.40. The molecule has 0 bridgehead atoms. The molecule has 0 N–H and O–H groups in total. The second kappa shape index (κ2) is 5.84. The summed E-state index contributed by atoms with van der Waals surface area (Å²) in [6.07, 6.45) is 0. The van der Waals surface area contributed by atoms with E-state index < -0.39 is 17.3 Å². The number of ether oxygens (including phenoxy) is 1. The Kier molecular flexibility index (Phi) is 4.45.